The standard InChI is InChI=1S/C12H14N4/c1-9-15-7-11(8-16-9)10-3-5-14-12(6-10)2-4-13/h3,5-8H,2,4,13H2,1H3. The molecule has 0 fully saturated rings. The van der Waals surface area contributed by atoms with Crippen molar-refractivity contribution in [1.82, 2.24) is 15.0 Å². The Morgan fingerprint density at radius 1 is 1.12 bits per heavy atom. The van der Waals surface area contributed by atoms with Crippen molar-refractivity contribution in [1.29, 1.82) is 0 Å². The molecular formula is C12H14N4. The lowest BCUT2D eigenvalue weighted by atomic mass is 10.1. The fourth-order valence-corrected chi connectivity index (χ4v) is 1.48. The van der Waals surface area contributed by atoms with Crippen molar-refractivity contribution in [3.05, 3.63) is 42.2 Å². The van der Waals surface area contributed by atoms with Crippen molar-refractivity contribution in [2.75, 3.05) is 6.54 Å². The minimum atomic E-state index is 0.612. The first-order valence-electron chi connectivity index (χ1n) is 5.23. The van der Waals surface area contributed by atoms with Gasteiger partial charge in [-0.1, -0.05) is 0 Å². The maximum atomic E-state index is 5.50. The zero-order valence-corrected chi connectivity index (χ0v) is 9.22. The molecule has 0 atom stereocenters. The molecule has 0 aliphatic heterocycles. The minimum absolute atomic E-state index is 0.612. The zero-order valence-electron chi connectivity index (χ0n) is 9.22. The van der Waals surface area contributed by atoms with Crippen LogP contribution in [-0.4, -0.2) is 21.5 Å². The summed E-state index contributed by atoms with van der Waals surface area (Å²) in [4.78, 5) is 12.6. The van der Waals surface area contributed by atoms with Crippen LogP contribution in [-0.2, 0) is 6.42 Å². The van der Waals surface area contributed by atoms with Crippen molar-refractivity contribution < 1.29 is 0 Å². The van der Waals surface area contributed by atoms with E-state index in [0.29, 0.717) is 6.54 Å². The number of nitrogens with two attached hydrogens (primary N) is 1. The van der Waals surface area contributed by atoms with Crippen LogP contribution in [0, 0.1) is 6.92 Å². The maximum Gasteiger partial charge on any atom is 0.125 e. The van der Waals surface area contributed by atoms with Crippen molar-refractivity contribution in [3.63, 3.8) is 0 Å². The molecule has 0 radical (unpaired) electrons. The first-order valence-corrected chi connectivity index (χ1v) is 5.23. The highest BCUT2D eigenvalue weighted by atomic mass is 14.8. The molecule has 2 N–H and O–H groups in total. The summed E-state index contributed by atoms with van der Waals surface area (Å²) in [5, 5.41) is 0. The van der Waals surface area contributed by atoms with Crippen LogP contribution < -0.4 is 5.73 Å². The van der Waals surface area contributed by atoms with E-state index in [1.807, 2.05) is 31.5 Å². The van der Waals surface area contributed by atoms with Crippen LogP contribution in [0.4, 0.5) is 0 Å². The van der Waals surface area contributed by atoms with E-state index in [2.05, 4.69) is 15.0 Å². The lowest BCUT2D eigenvalue weighted by molar-refractivity contribution is 0.923. The predicted octanol–water partition coefficient (Wildman–Crippen LogP) is 1.35. The molecule has 4 nitrogen and oxygen atoms in total. The van der Waals surface area contributed by atoms with Crippen LogP contribution in [0.2, 0.25) is 0 Å². The summed E-state index contributed by atoms with van der Waals surface area (Å²) in [5.74, 6) is 0.778. The average molecular weight is 214 g/mol. The minimum Gasteiger partial charge on any atom is -0.330 e. The molecule has 16 heavy (non-hydrogen) atoms. The Morgan fingerprint density at radius 2 is 1.88 bits per heavy atom. The quantitative estimate of drug-likeness (QED) is 0.837. The lowest BCUT2D eigenvalue weighted by Crippen LogP contribution is -2.04. The molecule has 0 aliphatic carbocycles. The highest BCUT2D eigenvalue weighted by molar-refractivity contribution is 5.61. The van der Waals surface area contributed by atoms with Crippen LogP contribution in [0.15, 0.2) is 30.7 Å². The lowest BCUT2D eigenvalue weighted by Gasteiger charge is -2.03. The van der Waals surface area contributed by atoms with E-state index < -0.39 is 0 Å². The normalized spacial score (nSPS) is 10.4. The first-order chi connectivity index (χ1) is 7.79. The Morgan fingerprint density at radius 3 is 2.56 bits per heavy atom. The summed E-state index contributed by atoms with van der Waals surface area (Å²) < 4.78 is 0. The van der Waals surface area contributed by atoms with Gasteiger partial charge in [-0.15, -0.1) is 0 Å². The van der Waals surface area contributed by atoms with E-state index >= 15 is 0 Å². The van der Waals surface area contributed by atoms with Gasteiger partial charge in [0, 0.05) is 36.3 Å². The smallest absolute Gasteiger partial charge is 0.125 e. The SMILES string of the molecule is Cc1ncc(-c2ccnc(CCN)c2)cn1. The maximum absolute atomic E-state index is 5.50. The van der Waals surface area contributed by atoms with Gasteiger partial charge in [0.1, 0.15) is 5.82 Å². The van der Waals surface area contributed by atoms with Crippen LogP contribution in [0.3, 0.4) is 0 Å². The molecule has 0 unspecified atom stereocenters. The molecule has 82 valence electrons. The molecule has 2 rings (SSSR count). The van der Waals surface area contributed by atoms with E-state index in [4.69, 9.17) is 5.73 Å². The van der Waals surface area contributed by atoms with Crippen LogP contribution in [0.25, 0.3) is 11.1 Å². The van der Waals surface area contributed by atoms with Crippen molar-refractivity contribution in [3.8, 4) is 11.1 Å². The number of aromatic nitrogens is 3. The van der Waals surface area contributed by atoms with Gasteiger partial charge in [-0.25, -0.2) is 9.97 Å². The fourth-order valence-electron chi connectivity index (χ4n) is 1.48. The van der Waals surface area contributed by atoms with Gasteiger partial charge >= 0.3 is 0 Å². The summed E-state index contributed by atoms with van der Waals surface area (Å²) in [7, 11) is 0. The molecular weight excluding hydrogens is 200 g/mol. The summed E-state index contributed by atoms with van der Waals surface area (Å²) in [6.07, 6.45) is 6.23. The van der Waals surface area contributed by atoms with Crippen molar-refractivity contribution in [2.45, 2.75) is 13.3 Å². The number of nitrogens with zero attached hydrogens (tertiary/aromatic N) is 3. The van der Waals surface area contributed by atoms with Gasteiger partial charge < -0.3 is 5.73 Å². The van der Waals surface area contributed by atoms with Gasteiger partial charge in [0.15, 0.2) is 0 Å². The Kier molecular flexibility index (Phi) is 3.22. The molecule has 0 aliphatic rings. The second-order valence-corrected chi connectivity index (χ2v) is 3.59. The number of rotatable bonds is 3. The van der Waals surface area contributed by atoms with Gasteiger partial charge in [0.05, 0.1) is 0 Å². The number of pyridine rings is 1. The van der Waals surface area contributed by atoms with E-state index in [0.717, 1.165) is 29.1 Å². The molecule has 2 aromatic rings. The van der Waals surface area contributed by atoms with E-state index in [1.165, 1.54) is 0 Å². The van der Waals surface area contributed by atoms with E-state index in [1.54, 1.807) is 6.20 Å². The Balaban J connectivity index is 2.32. The van der Waals surface area contributed by atoms with Gasteiger partial charge in [-0.2, -0.15) is 0 Å². The molecule has 4 heteroatoms. The monoisotopic (exact) mass is 214 g/mol. The van der Waals surface area contributed by atoms with E-state index in [-0.39, 0.29) is 0 Å². The average Bonchev–Trinajstić information content (AvgIpc) is 2.31. The summed E-state index contributed by atoms with van der Waals surface area (Å²) in [6, 6.07) is 3.98. The molecule has 0 amide bonds. The fraction of sp³-hybridized carbons (Fsp3) is 0.250. The highest BCUT2D eigenvalue weighted by Crippen LogP contribution is 2.17. The predicted molar refractivity (Wildman–Crippen MR) is 62.8 cm³/mol. The van der Waals surface area contributed by atoms with Crippen LogP contribution >= 0.6 is 0 Å². The third-order valence-electron chi connectivity index (χ3n) is 2.33. The van der Waals surface area contributed by atoms with E-state index in [9.17, 15) is 0 Å². The molecule has 2 aromatic heterocycles. The van der Waals surface area contributed by atoms with Gasteiger partial charge in [0.25, 0.3) is 0 Å². The number of hydrogen-bond acceptors (Lipinski definition) is 4. The molecule has 0 bridgehead atoms. The summed E-state index contributed by atoms with van der Waals surface area (Å²) >= 11 is 0. The summed E-state index contributed by atoms with van der Waals surface area (Å²) in [6.45, 7) is 2.48. The van der Waals surface area contributed by atoms with Gasteiger partial charge in [0.2, 0.25) is 0 Å². The zero-order chi connectivity index (χ0) is 11.4. The second kappa shape index (κ2) is 4.81. The molecule has 0 saturated carbocycles. The first kappa shape index (κ1) is 10.7. The summed E-state index contributed by atoms with van der Waals surface area (Å²) in [5.41, 5.74) is 8.59. The van der Waals surface area contributed by atoms with Crippen LogP contribution in [0.5, 0.6) is 0 Å². The molecule has 0 aromatic carbocycles. The topological polar surface area (TPSA) is 64.7 Å². The molecule has 0 spiro atoms. The van der Waals surface area contributed by atoms with Crippen LogP contribution in [0.1, 0.15) is 11.5 Å². The Bertz CT molecular complexity index is 465. The molecule has 0 saturated heterocycles. The third kappa shape index (κ3) is 2.41. The third-order valence-corrected chi connectivity index (χ3v) is 2.33. The Labute approximate surface area is 94.6 Å². The van der Waals surface area contributed by atoms with Crippen molar-refractivity contribution >= 4 is 0 Å². The Hall–Kier alpha value is -1.81. The highest BCUT2D eigenvalue weighted by Gasteiger charge is 2.00. The van der Waals surface area contributed by atoms with Gasteiger partial charge in [-0.3, -0.25) is 4.98 Å². The number of hydrogen-bond donors (Lipinski definition) is 1. The second-order valence-electron chi connectivity index (χ2n) is 3.59. The largest absolute Gasteiger partial charge is 0.330 e. The van der Waals surface area contributed by atoms with Gasteiger partial charge in [-0.05, 0) is 31.2 Å². The number of aryl methyl sites for hydroxylation is 1. The molecule has 2 heterocycles. The van der Waals surface area contributed by atoms with Crippen molar-refractivity contribution in [2.24, 2.45) is 5.73 Å².